The van der Waals surface area contributed by atoms with Gasteiger partial charge in [-0.1, -0.05) is 12.1 Å². The number of hydrogen-bond donors (Lipinski definition) is 0. The van der Waals surface area contributed by atoms with Gasteiger partial charge in [0.15, 0.2) is 9.84 Å². The fourth-order valence-electron chi connectivity index (χ4n) is 2.11. The van der Waals surface area contributed by atoms with Crippen LogP contribution in [0.4, 0.5) is 0 Å². The molecule has 118 valence electrons. The lowest BCUT2D eigenvalue weighted by Crippen LogP contribution is -2.02. The minimum absolute atomic E-state index is 0.0345. The summed E-state index contributed by atoms with van der Waals surface area (Å²) in [7, 11) is -1.57. The quantitative estimate of drug-likeness (QED) is 0.810. The highest BCUT2D eigenvalue weighted by Gasteiger charge is 2.14. The Bertz CT molecular complexity index is 760. The highest BCUT2D eigenvalue weighted by atomic mass is 32.2. The van der Waals surface area contributed by atoms with E-state index < -0.39 is 9.84 Å². The molecule has 6 nitrogen and oxygen atoms in total. The van der Waals surface area contributed by atoms with Gasteiger partial charge >= 0.3 is 0 Å². The SMILES string of the molecule is CCOc1ncncc1-c1ccc(CS(C)(=O)=O)cc1OC. The Morgan fingerprint density at radius 2 is 2.00 bits per heavy atom. The molecule has 1 aromatic carbocycles. The van der Waals surface area contributed by atoms with Crippen molar-refractivity contribution in [2.45, 2.75) is 12.7 Å². The molecule has 1 aromatic heterocycles. The summed E-state index contributed by atoms with van der Waals surface area (Å²) in [5, 5.41) is 0. The smallest absolute Gasteiger partial charge is 0.224 e. The zero-order valence-corrected chi connectivity index (χ0v) is 13.6. The molecule has 0 bridgehead atoms. The van der Waals surface area contributed by atoms with Gasteiger partial charge < -0.3 is 9.47 Å². The number of nitrogens with zero attached hydrogens (tertiary/aromatic N) is 2. The van der Waals surface area contributed by atoms with Gasteiger partial charge in [0.25, 0.3) is 0 Å². The second-order valence-corrected chi connectivity index (χ2v) is 6.92. The highest BCUT2D eigenvalue weighted by Crippen LogP contribution is 2.35. The summed E-state index contributed by atoms with van der Waals surface area (Å²) in [5.74, 6) is 0.983. The van der Waals surface area contributed by atoms with Crippen LogP contribution in [0.3, 0.4) is 0 Å². The molecule has 0 aliphatic heterocycles. The van der Waals surface area contributed by atoms with Crippen LogP contribution in [-0.2, 0) is 15.6 Å². The third kappa shape index (κ3) is 3.94. The summed E-state index contributed by atoms with van der Waals surface area (Å²) < 4.78 is 33.7. The van der Waals surface area contributed by atoms with Crippen LogP contribution in [0.15, 0.2) is 30.7 Å². The molecule has 0 N–H and O–H groups in total. The molecule has 0 aliphatic carbocycles. The Morgan fingerprint density at radius 3 is 2.64 bits per heavy atom. The number of rotatable bonds is 6. The van der Waals surface area contributed by atoms with Gasteiger partial charge in [0.05, 0.1) is 25.0 Å². The van der Waals surface area contributed by atoms with Crippen LogP contribution < -0.4 is 9.47 Å². The Hall–Kier alpha value is -2.15. The summed E-state index contributed by atoms with van der Waals surface area (Å²) in [6, 6.07) is 5.25. The van der Waals surface area contributed by atoms with Gasteiger partial charge in [-0.3, -0.25) is 0 Å². The number of benzene rings is 1. The van der Waals surface area contributed by atoms with E-state index in [0.29, 0.717) is 29.4 Å². The van der Waals surface area contributed by atoms with Crippen molar-refractivity contribution in [2.75, 3.05) is 20.0 Å². The normalized spacial score (nSPS) is 11.2. The molecule has 0 fully saturated rings. The van der Waals surface area contributed by atoms with E-state index in [-0.39, 0.29) is 5.75 Å². The van der Waals surface area contributed by atoms with Crippen LogP contribution in [0, 0.1) is 0 Å². The molecular formula is C15H18N2O4S. The summed E-state index contributed by atoms with van der Waals surface area (Å²) in [6.45, 7) is 2.36. The van der Waals surface area contributed by atoms with Crippen molar-refractivity contribution in [3.8, 4) is 22.8 Å². The van der Waals surface area contributed by atoms with Crippen LogP contribution in [0.2, 0.25) is 0 Å². The lowest BCUT2D eigenvalue weighted by molar-refractivity contribution is 0.327. The van der Waals surface area contributed by atoms with E-state index >= 15 is 0 Å². The molecule has 0 saturated carbocycles. The standard InChI is InChI=1S/C15H18N2O4S/c1-4-21-15-13(8-16-10-17-15)12-6-5-11(7-14(12)20-2)9-22(3,18)19/h5-8,10H,4,9H2,1-3H3. The summed E-state index contributed by atoms with van der Waals surface area (Å²) in [6.07, 6.45) is 4.26. The lowest BCUT2D eigenvalue weighted by atomic mass is 10.1. The first-order valence-electron chi connectivity index (χ1n) is 6.72. The van der Waals surface area contributed by atoms with Crippen molar-refractivity contribution in [2.24, 2.45) is 0 Å². The Balaban J connectivity index is 2.48. The molecule has 0 amide bonds. The molecule has 1 heterocycles. The first-order chi connectivity index (χ1) is 10.4. The van der Waals surface area contributed by atoms with E-state index in [0.717, 1.165) is 5.56 Å². The zero-order chi connectivity index (χ0) is 16.2. The van der Waals surface area contributed by atoms with Gasteiger partial charge in [-0.05, 0) is 18.6 Å². The van der Waals surface area contributed by atoms with Crippen molar-refractivity contribution >= 4 is 9.84 Å². The van der Waals surface area contributed by atoms with Crippen molar-refractivity contribution in [3.05, 3.63) is 36.3 Å². The van der Waals surface area contributed by atoms with Gasteiger partial charge in [-0.2, -0.15) is 0 Å². The minimum Gasteiger partial charge on any atom is -0.496 e. The molecule has 0 aliphatic rings. The average molecular weight is 322 g/mol. The number of ether oxygens (including phenoxy) is 2. The first-order valence-corrected chi connectivity index (χ1v) is 8.78. The van der Waals surface area contributed by atoms with E-state index in [9.17, 15) is 8.42 Å². The molecule has 0 saturated heterocycles. The summed E-state index contributed by atoms with van der Waals surface area (Å²) in [4.78, 5) is 8.14. The molecule has 7 heteroatoms. The molecule has 2 rings (SSSR count). The topological polar surface area (TPSA) is 78.4 Å². The largest absolute Gasteiger partial charge is 0.496 e. The second-order valence-electron chi connectivity index (χ2n) is 4.78. The predicted molar refractivity (Wildman–Crippen MR) is 83.7 cm³/mol. The number of methoxy groups -OCH3 is 1. The Kier molecular flexibility index (Phi) is 4.97. The van der Waals surface area contributed by atoms with Crippen LogP contribution in [0.25, 0.3) is 11.1 Å². The fraction of sp³-hybridized carbons (Fsp3) is 0.333. The summed E-state index contributed by atoms with van der Waals surface area (Å²) >= 11 is 0. The monoisotopic (exact) mass is 322 g/mol. The van der Waals surface area contributed by atoms with Crippen molar-refractivity contribution in [1.29, 1.82) is 0 Å². The van der Waals surface area contributed by atoms with Crippen molar-refractivity contribution in [3.63, 3.8) is 0 Å². The second kappa shape index (κ2) is 6.74. The van der Waals surface area contributed by atoms with Gasteiger partial charge in [0.1, 0.15) is 12.1 Å². The number of aromatic nitrogens is 2. The van der Waals surface area contributed by atoms with Crippen LogP contribution in [0.1, 0.15) is 12.5 Å². The van der Waals surface area contributed by atoms with Gasteiger partial charge in [-0.15, -0.1) is 0 Å². The van der Waals surface area contributed by atoms with Gasteiger partial charge in [-0.25, -0.2) is 18.4 Å². The fourth-order valence-corrected chi connectivity index (χ4v) is 2.89. The van der Waals surface area contributed by atoms with Crippen molar-refractivity contribution < 1.29 is 17.9 Å². The maximum absolute atomic E-state index is 11.4. The Morgan fingerprint density at radius 1 is 1.23 bits per heavy atom. The Labute approximate surface area is 130 Å². The predicted octanol–water partition coefficient (Wildman–Crippen LogP) is 2.10. The van der Waals surface area contributed by atoms with Crippen molar-refractivity contribution in [1.82, 2.24) is 9.97 Å². The maximum atomic E-state index is 11.4. The zero-order valence-electron chi connectivity index (χ0n) is 12.7. The van der Waals surface area contributed by atoms with E-state index in [2.05, 4.69) is 9.97 Å². The first kappa shape index (κ1) is 16.2. The van der Waals surface area contributed by atoms with E-state index in [1.54, 1.807) is 24.4 Å². The molecule has 2 aromatic rings. The summed E-state index contributed by atoms with van der Waals surface area (Å²) in [5.41, 5.74) is 2.12. The van der Waals surface area contributed by atoms with E-state index in [1.165, 1.54) is 19.7 Å². The highest BCUT2D eigenvalue weighted by molar-refractivity contribution is 7.89. The van der Waals surface area contributed by atoms with E-state index in [4.69, 9.17) is 9.47 Å². The lowest BCUT2D eigenvalue weighted by Gasteiger charge is -2.13. The van der Waals surface area contributed by atoms with Crippen LogP contribution in [-0.4, -0.2) is 38.4 Å². The third-order valence-corrected chi connectivity index (χ3v) is 3.80. The average Bonchev–Trinajstić information content (AvgIpc) is 2.46. The van der Waals surface area contributed by atoms with E-state index in [1.807, 2.05) is 6.92 Å². The third-order valence-electron chi connectivity index (χ3n) is 2.94. The molecule has 0 unspecified atom stereocenters. The van der Waals surface area contributed by atoms with Crippen LogP contribution >= 0.6 is 0 Å². The molecule has 0 radical (unpaired) electrons. The maximum Gasteiger partial charge on any atom is 0.224 e. The number of sulfone groups is 1. The molecule has 0 atom stereocenters. The molecule has 0 spiro atoms. The molecular weight excluding hydrogens is 304 g/mol. The van der Waals surface area contributed by atoms with Gasteiger partial charge in [0.2, 0.25) is 5.88 Å². The minimum atomic E-state index is -3.10. The van der Waals surface area contributed by atoms with Gasteiger partial charge in [0, 0.05) is 18.0 Å². The van der Waals surface area contributed by atoms with Crippen LogP contribution in [0.5, 0.6) is 11.6 Å². The number of hydrogen-bond acceptors (Lipinski definition) is 6. The molecule has 22 heavy (non-hydrogen) atoms.